The molecule has 0 aliphatic carbocycles. The molecule has 4 nitrogen and oxygen atoms in total. The molecule has 0 radical (unpaired) electrons. The van der Waals surface area contributed by atoms with Crippen LogP contribution in [0.25, 0.3) is 0 Å². The zero-order valence-corrected chi connectivity index (χ0v) is 25.2. The summed E-state index contributed by atoms with van der Waals surface area (Å²) >= 11 is 0. The molecule has 0 amide bonds. The fraction of sp³-hybridized carbons (Fsp3) is 0.150. The van der Waals surface area contributed by atoms with Crippen molar-refractivity contribution in [3.05, 3.63) is 191 Å². The quantitative estimate of drug-likeness (QED) is 0.132. The topological polar surface area (TPSA) is 53.6 Å². The molecular formula is C40H36N4. The Morgan fingerprint density at radius 1 is 0.750 bits per heavy atom. The summed E-state index contributed by atoms with van der Waals surface area (Å²) in [6.07, 6.45) is 4.68. The Labute approximate surface area is 260 Å². The Morgan fingerprint density at radius 2 is 1.34 bits per heavy atom. The van der Waals surface area contributed by atoms with E-state index in [1.54, 1.807) is 0 Å². The number of rotatable bonds is 10. The van der Waals surface area contributed by atoms with Gasteiger partial charge in [0.15, 0.2) is 0 Å². The maximum atomic E-state index is 9.06. The summed E-state index contributed by atoms with van der Waals surface area (Å²) in [7, 11) is 0. The first-order chi connectivity index (χ1) is 21.6. The fourth-order valence-electron chi connectivity index (χ4n) is 6.34. The lowest BCUT2D eigenvalue weighted by atomic mass is 9.76. The Balaban J connectivity index is 1.58. The van der Waals surface area contributed by atoms with Crippen molar-refractivity contribution in [2.24, 2.45) is 0 Å². The highest BCUT2D eigenvalue weighted by atomic mass is 15.1. The maximum absolute atomic E-state index is 9.06. The number of aryl methyl sites for hydroxylation is 1. The van der Waals surface area contributed by atoms with Crippen LogP contribution in [0.15, 0.2) is 146 Å². The van der Waals surface area contributed by atoms with Crippen LogP contribution in [0, 0.1) is 25.2 Å². The first-order valence-corrected chi connectivity index (χ1v) is 15.1. The number of benzene rings is 5. The first kappa shape index (κ1) is 28.7. The van der Waals surface area contributed by atoms with Crippen LogP contribution < -0.4 is 5.32 Å². The van der Waals surface area contributed by atoms with E-state index in [0.29, 0.717) is 13.0 Å². The van der Waals surface area contributed by atoms with Gasteiger partial charge in [-0.2, -0.15) is 5.26 Å². The number of hydrogen-bond acceptors (Lipinski definition) is 3. The third kappa shape index (κ3) is 5.41. The van der Waals surface area contributed by atoms with Crippen molar-refractivity contribution >= 4 is 5.69 Å². The molecule has 216 valence electrons. The third-order valence-electron chi connectivity index (χ3n) is 8.60. The van der Waals surface area contributed by atoms with Gasteiger partial charge in [-0.1, -0.05) is 121 Å². The van der Waals surface area contributed by atoms with Crippen molar-refractivity contribution in [1.29, 1.82) is 5.26 Å². The van der Waals surface area contributed by atoms with Crippen LogP contribution in [-0.2, 0) is 5.54 Å². The lowest BCUT2D eigenvalue weighted by Crippen LogP contribution is -2.37. The molecule has 1 unspecified atom stereocenters. The van der Waals surface area contributed by atoms with Crippen LogP contribution in [0.1, 0.15) is 57.0 Å². The normalized spacial score (nSPS) is 11.9. The van der Waals surface area contributed by atoms with Gasteiger partial charge in [0.25, 0.3) is 0 Å². The van der Waals surface area contributed by atoms with Crippen molar-refractivity contribution < 1.29 is 0 Å². The molecule has 0 aliphatic heterocycles. The smallest absolute Gasteiger partial charge is 0.121 e. The number of anilines is 1. The summed E-state index contributed by atoms with van der Waals surface area (Å²) in [5.74, 6) is -0.0890. The van der Waals surface area contributed by atoms with Crippen molar-refractivity contribution in [1.82, 2.24) is 9.55 Å². The Bertz CT molecular complexity index is 1770. The van der Waals surface area contributed by atoms with Gasteiger partial charge in [-0.3, -0.25) is 0 Å². The van der Waals surface area contributed by atoms with Gasteiger partial charge in [0.2, 0.25) is 0 Å². The SMILES string of the molecule is Cc1cccc(C(c2cccc(NCCC#N)c2)c2cn(C(c3ccccc3)(c3ccccc3)c3ccccc3)cn2)c1C. The predicted octanol–water partition coefficient (Wildman–Crippen LogP) is 8.85. The number of imidazole rings is 1. The maximum Gasteiger partial charge on any atom is 0.121 e. The highest BCUT2D eigenvalue weighted by Crippen LogP contribution is 2.42. The molecule has 1 N–H and O–H groups in total. The highest BCUT2D eigenvalue weighted by molar-refractivity contribution is 5.54. The average Bonchev–Trinajstić information content (AvgIpc) is 3.55. The molecule has 0 saturated carbocycles. The molecule has 1 aromatic heterocycles. The number of hydrogen-bond donors (Lipinski definition) is 1. The fourth-order valence-corrected chi connectivity index (χ4v) is 6.34. The van der Waals surface area contributed by atoms with E-state index in [2.05, 4.69) is 169 Å². The van der Waals surface area contributed by atoms with Gasteiger partial charge in [0.1, 0.15) is 5.54 Å². The van der Waals surface area contributed by atoms with E-state index in [4.69, 9.17) is 10.2 Å². The van der Waals surface area contributed by atoms with Gasteiger partial charge in [-0.15, -0.1) is 0 Å². The number of nitriles is 1. The average molecular weight is 573 g/mol. The molecule has 6 aromatic rings. The monoisotopic (exact) mass is 572 g/mol. The van der Waals surface area contributed by atoms with Gasteiger partial charge in [0.05, 0.1) is 30.4 Å². The number of nitrogens with zero attached hydrogens (tertiary/aromatic N) is 3. The molecule has 0 saturated heterocycles. The van der Waals surface area contributed by atoms with Crippen LogP contribution in [0.3, 0.4) is 0 Å². The Morgan fingerprint density at radius 3 is 1.93 bits per heavy atom. The number of aromatic nitrogens is 2. The molecule has 0 bridgehead atoms. The standard InChI is InChI=1S/C40H36N4/c1-30-15-12-24-37(31(30)2)39(32-16-13-23-36(27-32)42-26-14-25-41)38-28-44(29-43-38)40(33-17-6-3-7-18-33,34-19-8-4-9-20-34)35-21-10-5-11-22-35/h3-13,15-24,27-29,39,42H,14,26H2,1-2H3. The second-order valence-corrected chi connectivity index (χ2v) is 11.2. The summed E-state index contributed by atoms with van der Waals surface area (Å²) in [6, 6.07) is 49.4. The van der Waals surface area contributed by atoms with E-state index >= 15 is 0 Å². The second-order valence-electron chi connectivity index (χ2n) is 11.2. The lowest BCUT2D eigenvalue weighted by molar-refractivity contribution is 0.514. The van der Waals surface area contributed by atoms with E-state index in [9.17, 15) is 0 Å². The summed E-state index contributed by atoms with van der Waals surface area (Å²) in [5, 5.41) is 12.5. The van der Waals surface area contributed by atoms with Crippen LogP contribution in [0.4, 0.5) is 5.69 Å². The largest absolute Gasteiger partial charge is 0.384 e. The molecule has 44 heavy (non-hydrogen) atoms. The molecule has 0 spiro atoms. The molecular weight excluding hydrogens is 536 g/mol. The van der Waals surface area contributed by atoms with E-state index < -0.39 is 5.54 Å². The van der Waals surface area contributed by atoms with Crippen LogP contribution >= 0.6 is 0 Å². The molecule has 0 fully saturated rings. The van der Waals surface area contributed by atoms with Gasteiger partial charge >= 0.3 is 0 Å². The van der Waals surface area contributed by atoms with Gasteiger partial charge in [-0.25, -0.2) is 4.98 Å². The summed E-state index contributed by atoms with van der Waals surface area (Å²) in [5.41, 5.74) is 9.71. The number of nitrogens with one attached hydrogen (secondary N) is 1. The van der Waals surface area contributed by atoms with Gasteiger partial charge in [-0.05, 0) is 64.9 Å². The van der Waals surface area contributed by atoms with E-state index in [1.807, 2.05) is 6.33 Å². The zero-order chi connectivity index (χ0) is 30.4. The van der Waals surface area contributed by atoms with Crippen molar-refractivity contribution in [3.63, 3.8) is 0 Å². The minimum Gasteiger partial charge on any atom is -0.384 e. The first-order valence-electron chi connectivity index (χ1n) is 15.1. The highest BCUT2D eigenvalue weighted by Gasteiger charge is 2.39. The summed E-state index contributed by atoms with van der Waals surface area (Å²) < 4.78 is 2.29. The van der Waals surface area contributed by atoms with E-state index in [1.165, 1.54) is 16.7 Å². The Kier molecular flexibility index (Phi) is 8.39. The van der Waals surface area contributed by atoms with Crippen LogP contribution in [0.2, 0.25) is 0 Å². The minimum atomic E-state index is -0.637. The minimum absolute atomic E-state index is 0.0890. The molecule has 1 atom stereocenters. The summed E-state index contributed by atoms with van der Waals surface area (Å²) in [6.45, 7) is 4.97. The van der Waals surface area contributed by atoms with Gasteiger partial charge in [0, 0.05) is 18.4 Å². The molecule has 6 rings (SSSR count). The van der Waals surface area contributed by atoms with Gasteiger partial charge < -0.3 is 9.88 Å². The predicted molar refractivity (Wildman–Crippen MR) is 179 cm³/mol. The molecule has 1 heterocycles. The molecule has 5 aromatic carbocycles. The summed E-state index contributed by atoms with van der Waals surface area (Å²) in [4.78, 5) is 5.19. The zero-order valence-electron chi connectivity index (χ0n) is 25.2. The van der Waals surface area contributed by atoms with E-state index in [0.717, 1.165) is 33.6 Å². The van der Waals surface area contributed by atoms with E-state index in [-0.39, 0.29) is 5.92 Å². The van der Waals surface area contributed by atoms with Crippen molar-refractivity contribution in [2.75, 3.05) is 11.9 Å². The van der Waals surface area contributed by atoms with Crippen molar-refractivity contribution in [2.45, 2.75) is 31.7 Å². The molecule has 4 heteroatoms. The van der Waals surface area contributed by atoms with Crippen LogP contribution in [0.5, 0.6) is 0 Å². The Hall–Kier alpha value is -5.40. The second kappa shape index (κ2) is 12.9. The lowest BCUT2D eigenvalue weighted by Gasteiger charge is -2.37. The third-order valence-corrected chi connectivity index (χ3v) is 8.60. The van der Waals surface area contributed by atoms with Crippen LogP contribution in [-0.4, -0.2) is 16.1 Å². The van der Waals surface area contributed by atoms with Crippen molar-refractivity contribution in [3.8, 4) is 6.07 Å². The molecule has 0 aliphatic rings.